The number of nitrogens with zero attached hydrogens (tertiary/aromatic N) is 1. The Morgan fingerprint density at radius 3 is 2.72 bits per heavy atom. The van der Waals surface area contributed by atoms with Crippen LogP contribution in [0.5, 0.6) is 5.75 Å². The summed E-state index contributed by atoms with van der Waals surface area (Å²) >= 11 is 0. The molecule has 1 aliphatic rings. The van der Waals surface area contributed by atoms with Crippen LogP contribution in [0.25, 0.3) is 0 Å². The molecule has 130 valence electrons. The summed E-state index contributed by atoms with van der Waals surface area (Å²) < 4.78 is 18.7. The summed E-state index contributed by atoms with van der Waals surface area (Å²) in [5.41, 5.74) is 1.00. The molecule has 0 unspecified atom stereocenters. The standard InChI is InChI=1S/C19H19FN2O3/c1-2-25-17-8-6-13(7-9-17)19(24)21-15-11-18(23)22(12-15)16-5-3-4-14(20)10-16/h3-10,15H,2,11-12H2,1H3,(H,21,24)/t15-/m0/s1. The first-order chi connectivity index (χ1) is 12.1. The predicted octanol–water partition coefficient (Wildman–Crippen LogP) is 2.76. The van der Waals surface area contributed by atoms with E-state index in [4.69, 9.17) is 4.74 Å². The molecule has 0 spiro atoms. The highest BCUT2D eigenvalue weighted by atomic mass is 19.1. The lowest BCUT2D eigenvalue weighted by molar-refractivity contribution is -0.117. The molecule has 2 amide bonds. The SMILES string of the molecule is CCOc1ccc(C(=O)N[C@H]2CC(=O)N(c3cccc(F)c3)C2)cc1. The maximum atomic E-state index is 13.3. The Labute approximate surface area is 145 Å². The van der Waals surface area contributed by atoms with Crippen LogP contribution >= 0.6 is 0 Å². The van der Waals surface area contributed by atoms with Crippen LogP contribution in [-0.4, -0.2) is 31.0 Å². The number of nitrogens with one attached hydrogen (secondary N) is 1. The van der Waals surface area contributed by atoms with Crippen LogP contribution < -0.4 is 15.0 Å². The number of rotatable bonds is 5. The van der Waals surface area contributed by atoms with E-state index in [1.165, 1.54) is 17.0 Å². The van der Waals surface area contributed by atoms with Gasteiger partial charge in [-0.15, -0.1) is 0 Å². The molecule has 0 saturated carbocycles. The number of amides is 2. The third-order valence-corrected chi connectivity index (χ3v) is 4.01. The van der Waals surface area contributed by atoms with Gasteiger partial charge in [0, 0.05) is 24.2 Å². The zero-order valence-electron chi connectivity index (χ0n) is 13.9. The van der Waals surface area contributed by atoms with Crippen LogP contribution in [0.4, 0.5) is 10.1 Å². The second kappa shape index (κ2) is 7.34. The van der Waals surface area contributed by atoms with E-state index in [-0.39, 0.29) is 24.3 Å². The summed E-state index contributed by atoms with van der Waals surface area (Å²) in [6.45, 7) is 2.78. The van der Waals surface area contributed by atoms with Crippen molar-refractivity contribution >= 4 is 17.5 Å². The fourth-order valence-corrected chi connectivity index (χ4v) is 2.84. The Kier molecular flexibility index (Phi) is 4.97. The Morgan fingerprint density at radius 1 is 1.28 bits per heavy atom. The fourth-order valence-electron chi connectivity index (χ4n) is 2.84. The Bertz CT molecular complexity index is 776. The van der Waals surface area contributed by atoms with Gasteiger partial charge >= 0.3 is 0 Å². The van der Waals surface area contributed by atoms with Gasteiger partial charge in [0.25, 0.3) is 5.91 Å². The van der Waals surface area contributed by atoms with Crippen molar-refractivity contribution in [1.82, 2.24) is 5.32 Å². The predicted molar refractivity (Wildman–Crippen MR) is 92.2 cm³/mol. The van der Waals surface area contributed by atoms with Gasteiger partial charge in [-0.25, -0.2) is 4.39 Å². The van der Waals surface area contributed by atoms with E-state index in [0.717, 1.165) is 0 Å². The second-order valence-electron chi connectivity index (χ2n) is 5.82. The van der Waals surface area contributed by atoms with Gasteiger partial charge in [-0.2, -0.15) is 0 Å². The summed E-state index contributed by atoms with van der Waals surface area (Å²) in [5.74, 6) is -0.0796. The molecule has 5 nitrogen and oxygen atoms in total. The second-order valence-corrected chi connectivity index (χ2v) is 5.82. The lowest BCUT2D eigenvalue weighted by Gasteiger charge is -2.17. The summed E-state index contributed by atoms with van der Waals surface area (Å²) in [4.78, 5) is 26.0. The Morgan fingerprint density at radius 2 is 2.04 bits per heavy atom. The molecule has 25 heavy (non-hydrogen) atoms. The number of halogens is 1. The van der Waals surface area contributed by atoms with Gasteiger partial charge in [0.1, 0.15) is 11.6 Å². The highest BCUT2D eigenvalue weighted by molar-refractivity contribution is 5.99. The minimum atomic E-state index is -0.396. The van der Waals surface area contributed by atoms with Crippen LogP contribution in [-0.2, 0) is 4.79 Å². The van der Waals surface area contributed by atoms with Crippen LogP contribution in [0.1, 0.15) is 23.7 Å². The molecule has 0 bridgehead atoms. The number of carbonyl (C=O) groups excluding carboxylic acids is 2. The van der Waals surface area contributed by atoms with Crippen LogP contribution in [0.2, 0.25) is 0 Å². The van der Waals surface area contributed by atoms with Gasteiger partial charge in [0.05, 0.1) is 12.6 Å². The van der Waals surface area contributed by atoms with Crippen molar-refractivity contribution in [3.8, 4) is 5.75 Å². The summed E-state index contributed by atoms with van der Waals surface area (Å²) in [7, 11) is 0. The molecule has 1 heterocycles. The lowest BCUT2D eigenvalue weighted by atomic mass is 10.2. The molecule has 1 N–H and O–H groups in total. The minimum Gasteiger partial charge on any atom is -0.494 e. The van der Waals surface area contributed by atoms with Gasteiger partial charge in [-0.1, -0.05) is 6.07 Å². The normalized spacial score (nSPS) is 16.8. The molecule has 1 aliphatic heterocycles. The van der Waals surface area contributed by atoms with Gasteiger partial charge in [0.2, 0.25) is 5.91 Å². The van der Waals surface area contributed by atoms with Crippen molar-refractivity contribution in [2.24, 2.45) is 0 Å². The van der Waals surface area contributed by atoms with Crippen LogP contribution in [0.3, 0.4) is 0 Å². The molecular formula is C19H19FN2O3. The smallest absolute Gasteiger partial charge is 0.251 e. The molecule has 0 radical (unpaired) electrons. The first-order valence-electron chi connectivity index (χ1n) is 8.16. The number of anilines is 1. The molecule has 1 fully saturated rings. The molecule has 3 rings (SSSR count). The summed E-state index contributed by atoms with van der Waals surface area (Å²) in [6, 6.07) is 12.4. The average Bonchev–Trinajstić information content (AvgIpc) is 2.96. The molecule has 0 aliphatic carbocycles. The quantitative estimate of drug-likeness (QED) is 0.909. The maximum Gasteiger partial charge on any atom is 0.251 e. The van der Waals surface area contributed by atoms with Crippen molar-refractivity contribution in [3.05, 3.63) is 59.9 Å². The van der Waals surface area contributed by atoms with Crippen LogP contribution in [0.15, 0.2) is 48.5 Å². The first kappa shape index (κ1) is 17.0. The number of carbonyl (C=O) groups is 2. The number of hydrogen-bond acceptors (Lipinski definition) is 3. The fraction of sp³-hybridized carbons (Fsp3) is 0.263. The van der Waals surface area contributed by atoms with Gasteiger partial charge in [-0.3, -0.25) is 9.59 Å². The molecule has 0 aromatic heterocycles. The van der Waals surface area contributed by atoms with Gasteiger partial charge in [0.15, 0.2) is 0 Å². The molecule has 2 aromatic rings. The van der Waals surface area contributed by atoms with E-state index in [1.54, 1.807) is 36.4 Å². The van der Waals surface area contributed by atoms with Crippen molar-refractivity contribution in [2.45, 2.75) is 19.4 Å². The first-order valence-corrected chi connectivity index (χ1v) is 8.16. The number of ether oxygens (including phenoxy) is 1. The maximum absolute atomic E-state index is 13.3. The molecular weight excluding hydrogens is 323 g/mol. The third kappa shape index (κ3) is 3.96. The average molecular weight is 342 g/mol. The monoisotopic (exact) mass is 342 g/mol. The van der Waals surface area contributed by atoms with Crippen LogP contribution in [0, 0.1) is 5.82 Å². The highest BCUT2D eigenvalue weighted by Crippen LogP contribution is 2.22. The lowest BCUT2D eigenvalue weighted by Crippen LogP contribution is -2.37. The third-order valence-electron chi connectivity index (χ3n) is 4.01. The molecule has 2 aromatic carbocycles. The van der Waals surface area contributed by atoms with E-state index in [0.29, 0.717) is 30.2 Å². The molecule has 6 heteroatoms. The Balaban J connectivity index is 1.63. The Hall–Kier alpha value is -2.89. The molecule has 1 saturated heterocycles. The largest absolute Gasteiger partial charge is 0.494 e. The summed E-state index contributed by atoms with van der Waals surface area (Å²) in [5, 5.41) is 2.86. The molecule has 1 atom stereocenters. The van der Waals surface area contributed by atoms with E-state index >= 15 is 0 Å². The minimum absolute atomic E-state index is 0.136. The van der Waals surface area contributed by atoms with Crippen molar-refractivity contribution in [1.29, 1.82) is 0 Å². The topological polar surface area (TPSA) is 58.6 Å². The summed E-state index contributed by atoms with van der Waals surface area (Å²) in [6.07, 6.45) is 0.194. The van der Waals surface area contributed by atoms with E-state index < -0.39 is 5.82 Å². The zero-order chi connectivity index (χ0) is 17.8. The number of hydrogen-bond donors (Lipinski definition) is 1. The number of benzene rings is 2. The van der Waals surface area contributed by atoms with E-state index in [9.17, 15) is 14.0 Å². The van der Waals surface area contributed by atoms with Gasteiger partial charge in [-0.05, 0) is 49.4 Å². The van der Waals surface area contributed by atoms with Gasteiger partial charge < -0.3 is 15.0 Å². The van der Waals surface area contributed by atoms with Crippen molar-refractivity contribution in [2.75, 3.05) is 18.1 Å². The van der Waals surface area contributed by atoms with Crippen molar-refractivity contribution in [3.63, 3.8) is 0 Å². The van der Waals surface area contributed by atoms with Crippen molar-refractivity contribution < 1.29 is 18.7 Å². The highest BCUT2D eigenvalue weighted by Gasteiger charge is 2.31. The van der Waals surface area contributed by atoms with E-state index in [1.807, 2.05) is 6.92 Å². The van der Waals surface area contributed by atoms with E-state index in [2.05, 4.69) is 5.32 Å². The zero-order valence-corrected chi connectivity index (χ0v) is 13.9.